The van der Waals surface area contributed by atoms with E-state index in [9.17, 15) is 4.79 Å². The van der Waals surface area contributed by atoms with Gasteiger partial charge in [0.25, 0.3) is 0 Å². The fourth-order valence-corrected chi connectivity index (χ4v) is 2.04. The Hall–Kier alpha value is -0.930. The fourth-order valence-electron chi connectivity index (χ4n) is 1.53. The van der Waals surface area contributed by atoms with E-state index in [-0.39, 0.29) is 11.8 Å². The first-order valence-corrected chi connectivity index (χ1v) is 6.20. The molecule has 2 rings (SSSR count). The lowest BCUT2D eigenvalue weighted by molar-refractivity contribution is -0.117. The van der Waals surface area contributed by atoms with Gasteiger partial charge in [-0.1, -0.05) is 0 Å². The molecule has 1 fully saturated rings. The van der Waals surface area contributed by atoms with Crippen molar-refractivity contribution in [1.82, 2.24) is 0 Å². The van der Waals surface area contributed by atoms with Crippen LogP contribution in [0.3, 0.4) is 0 Å². The van der Waals surface area contributed by atoms with E-state index in [4.69, 9.17) is 27.9 Å². The second kappa shape index (κ2) is 4.75. The summed E-state index contributed by atoms with van der Waals surface area (Å²) in [7, 11) is 0. The smallest absolute Gasteiger partial charge is 0.230 e. The molecule has 92 valence electrons. The van der Waals surface area contributed by atoms with Crippen LogP contribution in [0.2, 0.25) is 0 Å². The number of halogens is 2. The number of benzene rings is 1. The van der Waals surface area contributed by atoms with Gasteiger partial charge in [0.2, 0.25) is 5.91 Å². The number of ether oxygens (including phenoxy) is 1. The summed E-state index contributed by atoms with van der Waals surface area (Å²) in [5, 5.41) is 2.77. The van der Waals surface area contributed by atoms with E-state index in [0.717, 1.165) is 11.4 Å². The largest absolute Gasteiger partial charge is 0.494 e. The normalized spacial score (nSPS) is 20.8. The molecule has 0 heterocycles. The maximum absolute atomic E-state index is 11.7. The number of alkyl halides is 2. The molecule has 1 N–H and O–H groups in total. The van der Waals surface area contributed by atoms with Crippen molar-refractivity contribution < 1.29 is 9.53 Å². The van der Waals surface area contributed by atoms with Gasteiger partial charge in [-0.2, -0.15) is 0 Å². The van der Waals surface area contributed by atoms with Crippen LogP contribution in [0.1, 0.15) is 13.3 Å². The number of nitrogens with one attached hydrogen (secondary N) is 1. The molecular weight excluding hydrogens is 261 g/mol. The summed E-state index contributed by atoms with van der Waals surface area (Å²) in [5.41, 5.74) is 0.717. The highest BCUT2D eigenvalue weighted by Crippen LogP contribution is 2.53. The van der Waals surface area contributed by atoms with E-state index in [2.05, 4.69) is 5.32 Å². The highest BCUT2D eigenvalue weighted by Gasteiger charge is 2.56. The summed E-state index contributed by atoms with van der Waals surface area (Å²) in [5.74, 6) is 0.331. The van der Waals surface area contributed by atoms with Gasteiger partial charge in [0, 0.05) is 5.69 Å². The van der Waals surface area contributed by atoms with Crippen molar-refractivity contribution in [2.45, 2.75) is 17.7 Å². The van der Waals surface area contributed by atoms with E-state index < -0.39 is 4.33 Å². The van der Waals surface area contributed by atoms with E-state index in [1.165, 1.54) is 0 Å². The van der Waals surface area contributed by atoms with Crippen LogP contribution in [-0.2, 0) is 4.79 Å². The molecule has 0 aliphatic heterocycles. The number of hydrogen-bond donors (Lipinski definition) is 1. The predicted octanol–water partition coefficient (Wildman–Crippen LogP) is 3.22. The predicted molar refractivity (Wildman–Crippen MR) is 68.8 cm³/mol. The molecule has 1 saturated carbocycles. The third-order valence-corrected chi connectivity index (χ3v) is 3.41. The Labute approximate surface area is 110 Å². The third-order valence-electron chi connectivity index (χ3n) is 2.58. The minimum Gasteiger partial charge on any atom is -0.494 e. The van der Waals surface area contributed by atoms with Gasteiger partial charge in [0.1, 0.15) is 10.1 Å². The molecule has 0 bridgehead atoms. The first kappa shape index (κ1) is 12.5. The van der Waals surface area contributed by atoms with E-state index in [1.54, 1.807) is 24.3 Å². The average Bonchev–Trinajstić information content (AvgIpc) is 2.91. The Balaban J connectivity index is 1.93. The first-order chi connectivity index (χ1) is 8.03. The monoisotopic (exact) mass is 273 g/mol. The molecule has 0 aromatic heterocycles. The topological polar surface area (TPSA) is 38.3 Å². The molecule has 3 nitrogen and oxygen atoms in total. The number of rotatable bonds is 4. The van der Waals surface area contributed by atoms with Crippen LogP contribution in [0.5, 0.6) is 5.75 Å². The van der Waals surface area contributed by atoms with Crippen molar-refractivity contribution in [3.63, 3.8) is 0 Å². The molecular formula is C12H13Cl2NO2. The molecule has 1 atom stereocenters. The lowest BCUT2D eigenvalue weighted by Gasteiger charge is -2.07. The molecule has 0 saturated heterocycles. The first-order valence-electron chi connectivity index (χ1n) is 5.44. The molecule has 1 aromatic carbocycles. The zero-order chi connectivity index (χ0) is 12.5. The Kier molecular flexibility index (Phi) is 3.50. The van der Waals surface area contributed by atoms with Crippen LogP contribution in [0.4, 0.5) is 5.69 Å². The number of anilines is 1. The van der Waals surface area contributed by atoms with Crippen molar-refractivity contribution in [3.8, 4) is 5.75 Å². The lowest BCUT2D eigenvalue weighted by Crippen LogP contribution is -2.16. The zero-order valence-electron chi connectivity index (χ0n) is 9.37. The summed E-state index contributed by atoms with van der Waals surface area (Å²) >= 11 is 11.6. The lowest BCUT2D eigenvalue weighted by atomic mass is 10.3. The minimum absolute atomic E-state index is 0.140. The van der Waals surface area contributed by atoms with E-state index in [1.807, 2.05) is 6.92 Å². The number of carbonyl (C=O) groups excluding carboxylic acids is 1. The molecule has 5 heteroatoms. The number of carbonyl (C=O) groups is 1. The van der Waals surface area contributed by atoms with Crippen molar-refractivity contribution in [2.24, 2.45) is 5.92 Å². The highest BCUT2D eigenvalue weighted by molar-refractivity contribution is 6.52. The summed E-state index contributed by atoms with van der Waals surface area (Å²) < 4.78 is 4.42. The van der Waals surface area contributed by atoms with Crippen molar-refractivity contribution in [2.75, 3.05) is 11.9 Å². The summed E-state index contributed by atoms with van der Waals surface area (Å²) in [4.78, 5) is 11.7. The van der Waals surface area contributed by atoms with Crippen LogP contribution in [-0.4, -0.2) is 16.8 Å². The van der Waals surface area contributed by atoms with Gasteiger partial charge in [-0.05, 0) is 37.6 Å². The zero-order valence-corrected chi connectivity index (χ0v) is 10.9. The third kappa shape index (κ3) is 3.05. The van der Waals surface area contributed by atoms with Crippen molar-refractivity contribution >= 4 is 34.8 Å². The van der Waals surface area contributed by atoms with Gasteiger partial charge < -0.3 is 10.1 Å². The molecule has 1 unspecified atom stereocenters. The Morgan fingerprint density at radius 2 is 2.06 bits per heavy atom. The quantitative estimate of drug-likeness (QED) is 0.856. The molecule has 1 amide bonds. The number of hydrogen-bond acceptors (Lipinski definition) is 2. The van der Waals surface area contributed by atoms with E-state index >= 15 is 0 Å². The van der Waals surface area contributed by atoms with Crippen LogP contribution < -0.4 is 10.1 Å². The second-order valence-electron chi connectivity index (χ2n) is 3.96. The SMILES string of the molecule is CCOc1ccc(NC(=O)C2CC2(Cl)Cl)cc1. The van der Waals surface area contributed by atoms with Gasteiger partial charge in [0.05, 0.1) is 12.5 Å². The van der Waals surface area contributed by atoms with Gasteiger partial charge in [-0.3, -0.25) is 4.79 Å². The molecule has 0 spiro atoms. The van der Waals surface area contributed by atoms with Crippen LogP contribution in [0.25, 0.3) is 0 Å². The summed E-state index contributed by atoms with van der Waals surface area (Å²) in [6, 6.07) is 7.19. The Bertz CT molecular complexity index is 417. The van der Waals surface area contributed by atoms with Crippen molar-refractivity contribution in [3.05, 3.63) is 24.3 Å². The molecule has 0 radical (unpaired) electrons. The Morgan fingerprint density at radius 1 is 1.47 bits per heavy atom. The van der Waals surface area contributed by atoms with Crippen molar-refractivity contribution in [1.29, 1.82) is 0 Å². The van der Waals surface area contributed by atoms with Crippen LogP contribution in [0, 0.1) is 5.92 Å². The molecule has 1 aliphatic carbocycles. The average molecular weight is 274 g/mol. The number of amides is 1. The fraction of sp³-hybridized carbons (Fsp3) is 0.417. The van der Waals surface area contributed by atoms with Crippen LogP contribution in [0.15, 0.2) is 24.3 Å². The summed E-state index contributed by atoms with van der Waals surface area (Å²) in [6.07, 6.45) is 0.513. The van der Waals surface area contributed by atoms with Crippen LogP contribution >= 0.6 is 23.2 Å². The molecule has 1 aliphatic rings. The standard InChI is InChI=1S/C12H13Cl2NO2/c1-2-17-9-5-3-8(4-6-9)15-11(16)10-7-12(10,13)14/h3-6,10H,2,7H2,1H3,(H,15,16). The maximum Gasteiger partial charge on any atom is 0.230 e. The minimum atomic E-state index is -0.880. The highest BCUT2D eigenvalue weighted by atomic mass is 35.5. The maximum atomic E-state index is 11.7. The van der Waals surface area contributed by atoms with Gasteiger partial charge in [0.15, 0.2) is 0 Å². The summed E-state index contributed by atoms with van der Waals surface area (Å²) in [6.45, 7) is 2.54. The van der Waals surface area contributed by atoms with E-state index in [0.29, 0.717) is 13.0 Å². The van der Waals surface area contributed by atoms with Gasteiger partial charge in [-0.15, -0.1) is 23.2 Å². The Morgan fingerprint density at radius 3 is 2.53 bits per heavy atom. The second-order valence-corrected chi connectivity index (χ2v) is 5.51. The molecule has 17 heavy (non-hydrogen) atoms. The molecule has 1 aromatic rings. The van der Waals surface area contributed by atoms with Gasteiger partial charge >= 0.3 is 0 Å². The van der Waals surface area contributed by atoms with Gasteiger partial charge in [-0.25, -0.2) is 0 Å².